The van der Waals surface area contributed by atoms with Gasteiger partial charge in [0, 0.05) is 0 Å². The van der Waals surface area contributed by atoms with Crippen LogP contribution in [0.5, 0.6) is 5.75 Å². The van der Waals surface area contributed by atoms with Crippen LogP contribution in [0.1, 0.15) is 0 Å². The number of nitrogens with two attached hydrogens (primary N) is 1. The van der Waals surface area contributed by atoms with E-state index in [1.807, 2.05) is 0 Å². The SMILES string of the molecule is Nc1ccc(O)c([As](=O)(O)O)c1. The molecule has 0 aromatic heterocycles. The van der Waals surface area contributed by atoms with Gasteiger partial charge in [-0.05, 0) is 0 Å². The van der Waals surface area contributed by atoms with Gasteiger partial charge in [0.15, 0.2) is 0 Å². The van der Waals surface area contributed by atoms with Gasteiger partial charge in [0.2, 0.25) is 0 Å². The van der Waals surface area contributed by atoms with Crippen molar-refractivity contribution in [1.82, 2.24) is 0 Å². The zero-order valence-electron chi connectivity index (χ0n) is 6.01. The van der Waals surface area contributed by atoms with Gasteiger partial charge < -0.3 is 0 Å². The maximum absolute atomic E-state index is 10.7. The Morgan fingerprint density at radius 1 is 1.33 bits per heavy atom. The van der Waals surface area contributed by atoms with Gasteiger partial charge in [0.25, 0.3) is 0 Å². The van der Waals surface area contributed by atoms with Crippen molar-refractivity contribution in [3.8, 4) is 5.75 Å². The van der Waals surface area contributed by atoms with E-state index < -0.39 is 19.9 Å². The molecule has 0 bridgehead atoms. The van der Waals surface area contributed by atoms with E-state index in [2.05, 4.69) is 0 Å². The van der Waals surface area contributed by atoms with Crippen LogP contribution in [-0.4, -0.2) is 27.5 Å². The van der Waals surface area contributed by atoms with Gasteiger partial charge in [-0.2, -0.15) is 0 Å². The van der Waals surface area contributed by atoms with Crippen LogP contribution in [0.25, 0.3) is 0 Å². The summed E-state index contributed by atoms with van der Waals surface area (Å²) < 4.78 is 27.9. The van der Waals surface area contributed by atoms with E-state index in [1.54, 1.807) is 0 Å². The summed E-state index contributed by atoms with van der Waals surface area (Å²) in [6.07, 6.45) is 0. The van der Waals surface area contributed by atoms with Crippen molar-refractivity contribution in [2.75, 3.05) is 5.73 Å². The molecule has 0 spiro atoms. The number of nitrogen functional groups attached to an aromatic ring is 1. The molecule has 0 aliphatic rings. The van der Waals surface area contributed by atoms with Crippen molar-refractivity contribution in [3.05, 3.63) is 18.2 Å². The maximum atomic E-state index is 10.7. The molecule has 0 radical (unpaired) electrons. The van der Waals surface area contributed by atoms with Gasteiger partial charge >= 0.3 is 70.9 Å². The molecule has 0 amide bonds. The number of phenols is 1. The second-order valence-electron chi connectivity index (χ2n) is 2.29. The van der Waals surface area contributed by atoms with Gasteiger partial charge in [-0.1, -0.05) is 0 Å². The summed E-state index contributed by atoms with van der Waals surface area (Å²) in [4.78, 5) is 0. The van der Waals surface area contributed by atoms with Crippen LogP contribution in [-0.2, 0) is 3.74 Å². The van der Waals surface area contributed by atoms with Crippen LogP contribution in [0.3, 0.4) is 0 Å². The number of aromatic hydroxyl groups is 1. The Morgan fingerprint density at radius 3 is 2.33 bits per heavy atom. The number of anilines is 1. The predicted molar refractivity (Wildman–Crippen MR) is 43.0 cm³/mol. The summed E-state index contributed by atoms with van der Waals surface area (Å²) in [5, 5.41) is 9.04. The van der Waals surface area contributed by atoms with Crippen LogP contribution in [0.2, 0.25) is 0 Å². The Balaban J connectivity index is 3.33. The minimum atomic E-state index is -5.02. The molecule has 5 N–H and O–H groups in total. The molecule has 0 aliphatic carbocycles. The van der Waals surface area contributed by atoms with Gasteiger partial charge in [-0.3, -0.25) is 0 Å². The average molecular weight is 233 g/mol. The second-order valence-corrected chi connectivity index (χ2v) is 5.59. The third kappa shape index (κ3) is 1.82. The van der Waals surface area contributed by atoms with Crippen molar-refractivity contribution in [1.29, 1.82) is 0 Å². The van der Waals surface area contributed by atoms with Gasteiger partial charge in [-0.15, -0.1) is 0 Å². The summed E-state index contributed by atoms with van der Waals surface area (Å²) in [6, 6.07) is 3.60. The Labute approximate surface area is 71.5 Å². The van der Waals surface area contributed by atoms with Crippen molar-refractivity contribution in [3.63, 3.8) is 0 Å². The van der Waals surface area contributed by atoms with Crippen LogP contribution < -0.4 is 10.1 Å². The van der Waals surface area contributed by atoms with Crippen molar-refractivity contribution < 1.29 is 17.0 Å². The van der Waals surface area contributed by atoms with Crippen molar-refractivity contribution in [2.45, 2.75) is 0 Å². The van der Waals surface area contributed by atoms with Crippen LogP contribution in [0.4, 0.5) is 5.69 Å². The summed E-state index contributed by atoms with van der Waals surface area (Å²) >= 11 is -5.02. The van der Waals surface area contributed by atoms with Crippen molar-refractivity contribution in [2.24, 2.45) is 0 Å². The normalized spacial score (nSPS) is 11.5. The van der Waals surface area contributed by atoms with E-state index in [1.165, 1.54) is 6.07 Å². The molecule has 1 rings (SSSR count). The van der Waals surface area contributed by atoms with E-state index >= 15 is 0 Å². The molecule has 12 heavy (non-hydrogen) atoms. The molecule has 1 aromatic rings. The molecule has 0 fully saturated rings. The van der Waals surface area contributed by atoms with Crippen molar-refractivity contribution >= 4 is 24.2 Å². The number of hydrogen-bond donors (Lipinski definition) is 4. The average Bonchev–Trinajstić information content (AvgIpc) is 1.92. The molecular weight excluding hydrogens is 225 g/mol. The summed E-state index contributed by atoms with van der Waals surface area (Å²) in [7, 11) is 0. The molecule has 0 unspecified atom stereocenters. The Hall–Kier alpha value is -0.902. The van der Waals surface area contributed by atoms with E-state index in [9.17, 15) is 3.74 Å². The molecule has 0 aliphatic heterocycles. The van der Waals surface area contributed by atoms with E-state index in [-0.39, 0.29) is 10.0 Å². The number of phenolic OH excluding ortho intramolecular Hbond substituents is 1. The summed E-state index contributed by atoms with van der Waals surface area (Å²) in [6.45, 7) is 0. The quantitative estimate of drug-likeness (QED) is 0.269. The van der Waals surface area contributed by atoms with E-state index in [0.29, 0.717) is 0 Å². The fourth-order valence-electron chi connectivity index (χ4n) is 0.774. The van der Waals surface area contributed by atoms with Crippen LogP contribution in [0.15, 0.2) is 18.2 Å². The van der Waals surface area contributed by atoms with Gasteiger partial charge in [0.05, 0.1) is 0 Å². The molecule has 0 heterocycles. The summed E-state index contributed by atoms with van der Waals surface area (Å²) in [5.74, 6) is -0.420. The summed E-state index contributed by atoms with van der Waals surface area (Å²) in [5.41, 5.74) is 5.49. The predicted octanol–water partition coefficient (Wildman–Crippen LogP) is -1.46. The first kappa shape index (κ1) is 9.19. The zero-order valence-corrected chi connectivity index (χ0v) is 7.88. The monoisotopic (exact) mass is 233 g/mol. The molecule has 0 atom stereocenters. The van der Waals surface area contributed by atoms with Gasteiger partial charge in [0.1, 0.15) is 0 Å². The third-order valence-corrected chi connectivity index (χ3v) is 3.38. The molecular formula is C6H8AsNO4. The van der Waals surface area contributed by atoms with Crippen LogP contribution in [0, 0.1) is 0 Å². The van der Waals surface area contributed by atoms with Gasteiger partial charge in [-0.25, -0.2) is 0 Å². The standard InChI is InChI=1S/C6H8AsNO4/c8-4-1-2-6(9)5(3-4)7(10,11)12/h1-3,9H,8H2,(H2,10,11,12). The molecule has 6 heteroatoms. The number of rotatable bonds is 1. The van der Waals surface area contributed by atoms with E-state index in [0.717, 1.165) is 12.1 Å². The first-order valence-corrected chi connectivity index (χ1v) is 6.44. The first-order chi connectivity index (χ1) is 5.41. The Kier molecular flexibility index (Phi) is 2.19. The topological polar surface area (TPSA) is 104 Å². The zero-order chi connectivity index (χ0) is 9.35. The Bertz CT molecular complexity index is 345. The second kappa shape index (κ2) is 2.86. The number of hydrogen-bond acceptors (Lipinski definition) is 3. The molecule has 66 valence electrons. The molecule has 5 nitrogen and oxygen atoms in total. The first-order valence-electron chi connectivity index (χ1n) is 3.06. The Morgan fingerprint density at radius 2 is 1.92 bits per heavy atom. The fourth-order valence-corrected chi connectivity index (χ4v) is 2.22. The third-order valence-electron chi connectivity index (χ3n) is 1.31. The number of benzene rings is 1. The molecule has 1 aromatic carbocycles. The molecule has 0 saturated carbocycles. The van der Waals surface area contributed by atoms with E-state index in [4.69, 9.17) is 19.0 Å². The minimum absolute atomic E-state index is 0.215. The fraction of sp³-hybridized carbons (Fsp3) is 0. The molecule has 0 saturated heterocycles. The van der Waals surface area contributed by atoms with Crippen LogP contribution >= 0.6 is 0 Å².